The van der Waals surface area contributed by atoms with E-state index in [4.69, 9.17) is 21.1 Å². The topological polar surface area (TPSA) is 96.9 Å². The number of amides is 2. The van der Waals surface area contributed by atoms with Gasteiger partial charge in [-0.25, -0.2) is 14.8 Å². The third-order valence-electron chi connectivity index (χ3n) is 5.91. The molecule has 9 nitrogen and oxygen atoms in total. The molecule has 2 aliphatic rings. The van der Waals surface area contributed by atoms with Gasteiger partial charge in [-0.3, -0.25) is 9.69 Å². The highest BCUT2D eigenvalue weighted by molar-refractivity contribution is 6.30. The minimum atomic E-state index is -0.468. The number of ether oxygens (including phenoxy) is 2. The molecule has 4 heterocycles. The van der Waals surface area contributed by atoms with Gasteiger partial charge in [0, 0.05) is 36.7 Å². The molecule has 0 aliphatic carbocycles. The average molecular weight is 494 g/mol. The van der Waals surface area contributed by atoms with Crippen molar-refractivity contribution in [1.29, 1.82) is 0 Å². The van der Waals surface area contributed by atoms with Crippen LogP contribution in [-0.4, -0.2) is 67.5 Å². The number of morpholine rings is 1. The normalized spacial score (nSPS) is 17.9. The zero-order valence-corrected chi connectivity index (χ0v) is 19.6. The van der Waals surface area contributed by atoms with Gasteiger partial charge in [0.05, 0.1) is 31.3 Å². The highest BCUT2D eigenvalue weighted by Gasteiger charge is 2.32. The van der Waals surface area contributed by atoms with Gasteiger partial charge in [0.25, 0.3) is 5.91 Å². The van der Waals surface area contributed by atoms with Crippen LogP contribution in [0.15, 0.2) is 60.9 Å². The summed E-state index contributed by atoms with van der Waals surface area (Å²) in [5.74, 6) is 0.572. The number of rotatable bonds is 6. The number of cyclic esters (lactones) is 1. The molecule has 35 heavy (non-hydrogen) atoms. The van der Waals surface area contributed by atoms with Crippen molar-refractivity contribution in [2.24, 2.45) is 0 Å². The summed E-state index contributed by atoms with van der Waals surface area (Å²) in [6, 6.07) is 14.8. The predicted molar refractivity (Wildman–Crippen MR) is 132 cm³/mol. The summed E-state index contributed by atoms with van der Waals surface area (Å²) in [6.45, 7) is 3.48. The second-order valence-corrected chi connectivity index (χ2v) is 8.65. The summed E-state index contributed by atoms with van der Waals surface area (Å²) >= 11 is 5.81. The fraction of sp³-hybridized carbons (Fsp3) is 0.280. The van der Waals surface area contributed by atoms with Gasteiger partial charge < -0.3 is 19.7 Å². The molecule has 2 aromatic heterocycles. The first-order chi connectivity index (χ1) is 17.1. The molecule has 5 rings (SSSR count). The monoisotopic (exact) mass is 493 g/mol. The second kappa shape index (κ2) is 10.3. The first kappa shape index (κ1) is 23.1. The second-order valence-electron chi connectivity index (χ2n) is 8.21. The van der Waals surface area contributed by atoms with Crippen molar-refractivity contribution < 1.29 is 19.1 Å². The van der Waals surface area contributed by atoms with Crippen molar-refractivity contribution in [2.45, 2.75) is 6.10 Å². The quantitative estimate of drug-likeness (QED) is 0.562. The number of nitrogens with zero attached hydrogens (tertiary/aromatic N) is 4. The van der Waals surface area contributed by atoms with Crippen molar-refractivity contribution in [3.05, 3.63) is 71.6 Å². The van der Waals surface area contributed by atoms with Crippen molar-refractivity contribution in [3.63, 3.8) is 0 Å². The summed E-state index contributed by atoms with van der Waals surface area (Å²) < 4.78 is 10.9. The highest BCUT2D eigenvalue weighted by atomic mass is 35.5. The van der Waals surface area contributed by atoms with Crippen LogP contribution in [0, 0.1) is 0 Å². The van der Waals surface area contributed by atoms with Crippen molar-refractivity contribution >= 4 is 35.1 Å². The first-order valence-corrected chi connectivity index (χ1v) is 11.7. The van der Waals surface area contributed by atoms with E-state index in [2.05, 4.69) is 20.2 Å². The molecule has 0 bridgehead atoms. The molecule has 0 radical (unpaired) electrons. The fourth-order valence-corrected chi connectivity index (χ4v) is 4.23. The maximum atomic E-state index is 12.5. The highest BCUT2D eigenvalue weighted by Crippen LogP contribution is 2.31. The number of pyridine rings is 2. The van der Waals surface area contributed by atoms with Crippen LogP contribution in [0.4, 0.5) is 16.3 Å². The maximum Gasteiger partial charge on any atom is 0.414 e. The summed E-state index contributed by atoms with van der Waals surface area (Å²) in [7, 11) is 0. The SMILES string of the molecule is O=C(NC[C@H]1CN(c2ccc(-c3cccnc3N3CCOCC3)cc2)C(=O)O1)c1ccc(Cl)cn1. The number of hydrogen-bond donors (Lipinski definition) is 1. The molecule has 3 aromatic rings. The number of halogens is 1. The van der Waals surface area contributed by atoms with E-state index in [1.165, 1.54) is 6.20 Å². The average Bonchev–Trinajstić information content (AvgIpc) is 3.28. The molecular formula is C25H24ClN5O4. The Bertz CT molecular complexity index is 1200. The molecule has 2 saturated heterocycles. The first-order valence-electron chi connectivity index (χ1n) is 11.3. The van der Waals surface area contributed by atoms with Crippen LogP contribution in [0.2, 0.25) is 5.02 Å². The van der Waals surface area contributed by atoms with E-state index < -0.39 is 12.2 Å². The lowest BCUT2D eigenvalue weighted by molar-refractivity contribution is 0.0911. The van der Waals surface area contributed by atoms with Crippen LogP contribution in [0.25, 0.3) is 11.1 Å². The van der Waals surface area contributed by atoms with Crippen LogP contribution < -0.4 is 15.1 Å². The van der Waals surface area contributed by atoms with Gasteiger partial charge in [-0.05, 0) is 42.0 Å². The molecule has 2 amide bonds. The van der Waals surface area contributed by atoms with Crippen molar-refractivity contribution in [3.8, 4) is 11.1 Å². The summed E-state index contributed by atoms with van der Waals surface area (Å²) in [6.07, 6.45) is 2.29. The lowest BCUT2D eigenvalue weighted by Crippen LogP contribution is -2.37. The molecule has 1 aromatic carbocycles. The van der Waals surface area contributed by atoms with Crippen LogP contribution in [0.5, 0.6) is 0 Å². The number of anilines is 2. The van der Waals surface area contributed by atoms with Gasteiger partial charge in [0.2, 0.25) is 0 Å². The summed E-state index contributed by atoms with van der Waals surface area (Å²) in [5, 5.41) is 3.20. The van der Waals surface area contributed by atoms with E-state index in [0.29, 0.717) is 24.8 Å². The van der Waals surface area contributed by atoms with E-state index in [-0.39, 0.29) is 18.1 Å². The summed E-state index contributed by atoms with van der Waals surface area (Å²) in [5.41, 5.74) is 3.01. The van der Waals surface area contributed by atoms with Gasteiger partial charge in [-0.1, -0.05) is 23.7 Å². The van der Waals surface area contributed by atoms with Crippen LogP contribution in [-0.2, 0) is 9.47 Å². The number of nitrogens with one attached hydrogen (secondary N) is 1. The minimum Gasteiger partial charge on any atom is -0.442 e. The van der Waals surface area contributed by atoms with E-state index in [1.807, 2.05) is 36.4 Å². The molecule has 2 fully saturated rings. The Kier molecular flexibility index (Phi) is 6.78. The molecular weight excluding hydrogens is 470 g/mol. The van der Waals surface area contributed by atoms with Gasteiger partial charge in [-0.15, -0.1) is 0 Å². The van der Waals surface area contributed by atoms with Crippen molar-refractivity contribution in [1.82, 2.24) is 15.3 Å². The Labute approximate surface area is 207 Å². The lowest BCUT2D eigenvalue weighted by Gasteiger charge is -2.29. The number of hydrogen-bond acceptors (Lipinski definition) is 7. The van der Waals surface area contributed by atoms with E-state index in [9.17, 15) is 9.59 Å². The van der Waals surface area contributed by atoms with Gasteiger partial charge in [0.1, 0.15) is 17.6 Å². The van der Waals surface area contributed by atoms with Crippen LogP contribution >= 0.6 is 11.6 Å². The number of carbonyl (C=O) groups is 2. The largest absolute Gasteiger partial charge is 0.442 e. The fourth-order valence-electron chi connectivity index (χ4n) is 4.12. The maximum absolute atomic E-state index is 12.5. The standard InChI is InChI=1S/C25H24ClN5O4/c26-18-5-8-22(28-14-18)24(32)29-15-20-16-31(25(33)35-20)19-6-3-17(4-7-19)21-2-1-9-27-23(21)30-10-12-34-13-11-30/h1-9,14,20H,10-13,15-16H2,(H,29,32)/t20-/m0/s1. The molecule has 2 aliphatic heterocycles. The molecule has 0 saturated carbocycles. The molecule has 1 N–H and O–H groups in total. The Hall–Kier alpha value is -3.69. The van der Waals surface area contributed by atoms with Crippen LogP contribution in [0.3, 0.4) is 0 Å². The van der Waals surface area contributed by atoms with E-state index in [1.54, 1.807) is 23.2 Å². The van der Waals surface area contributed by atoms with E-state index in [0.717, 1.165) is 35.7 Å². The van der Waals surface area contributed by atoms with Crippen molar-refractivity contribution in [2.75, 3.05) is 49.2 Å². The Balaban J connectivity index is 1.23. The Morgan fingerprint density at radius 2 is 1.89 bits per heavy atom. The number of carbonyl (C=O) groups excluding carboxylic acids is 2. The molecule has 180 valence electrons. The smallest absolute Gasteiger partial charge is 0.414 e. The molecule has 0 spiro atoms. The third-order valence-corrected chi connectivity index (χ3v) is 6.14. The Morgan fingerprint density at radius 1 is 1.09 bits per heavy atom. The van der Waals surface area contributed by atoms with E-state index >= 15 is 0 Å². The number of aromatic nitrogens is 2. The minimum absolute atomic E-state index is 0.183. The molecule has 1 atom stereocenters. The van der Waals surface area contributed by atoms with Gasteiger partial charge in [0.15, 0.2) is 0 Å². The van der Waals surface area contributed by atoms with Gasteiger partial charge in [-0.2, -0.15) is 0 Å². The zero-order valence-electron chi connectivity index (χ0n) is 18.9. The molecule has 10 heteroatoms. The third kappa shape index (κ3) is 5.21. The zero-order chi connectivity index (χ0) is 24.2. The Morgan fingerprint density at radius 3 is 2.63 bits per heavy atom. The predicted octanol–water partition coefficient (Wildman–Crippen LogP) is 3.39. The number of benzene rings is 1. The summed E-state index contributed by atoms with van der Waals surface area (Å²) in [4.78, 5) is 37.1. The van der Waals surface area contributed by atoms with Crippen LogP contribution in [0.1, 0.15) is 10.5 Å². The molecule has 0 unspecified atom stereocenters. The lowest BCUT2D eigenvalue weighted by atomic mass is 10.1. The van der Waals surface area contributed by atoms with Gasteiger partial charge >= 0.3 is 6.09 Å².